The highest BCUT2D eigenvalue weighted by atomic mass is 32.1. The Labute approximate surface area is 166 Å². The second-order valence-electron chi connectivity index (χ2n) is 6.27. The molecule has 28 heavy (non-hydrogen) atoms. The molecule has 0 saturated carbocycles. The number of benzene rings is 1. The molecule has 0 saturated heterocycles. The average Bonchev–Trinajstić information content (AvgIpc) is 3.12. The Morgan fingerprint density at radius 2 is 1.96 bits per heavy atom. The SMILES string of the molecule is Cc1nc(N)c2nc(-c3cccc(C#C[C@H](O)c4scnc4C)c3)ccc2n1. The zero-order valence-corrected chi connectivity index (χ0v) is 16.2. The predicted molar refractivity (Wildman–Crippen MR) is 111 cm³/mol. The van der Waals surface area contributed by atoms with Crippen molar-refractivity contribution < 1.29 is 5.11 Å². The Balaban J connectivity index is 1.67. The number of rotatable bonds is 2. The molecule has 1 atom stereocenters. The molecule has 0 aliphatic heterocycles. The van der Waals surface area contributed by atoms with E-state index in [-0.39, 0.29) is 0 Å². The molecule has 6 nitrogen and oxygen atoms in total. The lowest BCUT2D eigenvalue weighted by Gasteiger charge is -2.06. The molecule has 1 aromatic carbocycles. The van der Waals surface area contributed by atoms with Crippen LogP contribution in [0.2, 0.25) is 0 Å². The molecule has 3 N–H and O–H groups in total. The zero-order chi connectivity index (χ0) is 19.7. The average molecular weight is 387 g/mol. The van der Waals surface area contributed by atoms with E-state index in [9.17, 15) is 5.11 Å². The van der Waals surface area contributed by atoms with E-state index in [4.69, 9.17) is 5.73 Å². The first-order valence-corrected chi connectivity index (χ1v) is 9.50. The lowest BCUT2D eigenvalue weighted by molar-refractivity contribution is 0.241. The Bertz CT molecular complexity index is 1240. The number of thiazole rings is 1. The van der Waals surface area contributed by atoms with Crippen LogP contribution in [0.25, 0.3) is 22.3 Å². The first kappa shape index (κ1) is 18.0. The molecular formula is C21H17N5OS. The van der Waals surface area contributed by atoms with Crippen molar-refractivity contribution in [1.82, 2.24) is 19.9 Å². The van der Waals surface area contributed by atoms with E-state index >= 15 is 0 Å². The van der Waals surface area contributed by atoms with E-state index < -0.39 is 6.10 Å². The maximum absolute atomic E-state index is 10.3. The molecule has 7 heteroatoms. The van der Waals surface area contributed by atoms with Gasteiger partial charge in [-0.15, -0.1) is 11.3 Å². The van der Waals surface area contributed by atoms with Gasteiger partial charge in [0.25, 0.3) is 0 Å². The second kappa shape index (κ2) is 7.35. The number of aryl methyl sites for hydroxylation is 2. The third kappa shape index (κ3) is 3.56. The zero-order valence-electron chi connectivity index (χ0n) is 15.3. The largest absolute Gasteiger partial charge is 0.382 e. The van der Waals surface area contributed by atoms with Crippen LogP contribution in [0.3, 0.4) is 0 Å². The van der Waals surface area contributed by atoms with Gasteiger partial charge in [-0.25, -0.2) is 19.9 Å². The summed E-state index contributed by atoms with van der Waals surface area (Å²) in [7, 11) is 0. The first-order chi connectivity index (χ1) is 13.5. The summed E-state index contributed by atoms with van der Waals surface area (Å²) in [5.41, 5.74) is 12.3. The van der Waals surface area contributed by atoms with Crippen molar-refractivity contribution in [3.63, 3.8) is 0 Å². The van der Waals surface area contributed by atoms with Gasteiger partial charge in [-0.1, -0.05) is 24.0 Å². The van der Waals surface area contributed by atoms with E-state index in [0.29, 0.717) is 22.7 Å². The molecule has 0 radical (unpaired) electrons. The number of hydrogen-bond donors (Lipinski definition) is 2. The molecule has 0 fully saturated rings. The number of pyridine rings is 1. The molecule has 0 spiro atoms. The minimum absolute atomic E-state index is 0.364. The smallest absolute Gasteiger partial charge is 0.153 e. The van der Waals surface area contributed by atoms with Gasteiger partial charge in [0.15, 0.2) is 11.9 Å². The summed E-state index contributed by atoms with van der Waals surface area (Å²) >= 11 is 1.40. The fraction of sp³-hybridized carbons (Fsp3) is 0.143. The fourth-order valence-corrected chi connectivity index (χ4v) is 3.60. The van der Waals surface area contributed by atoms with Crippen molar-refractivity contribution in [3.05, 3.63) is 63.9 Å². The Kier molecular flexibility index (Phi) is 4.74. The molecule has 3 aromatic heterocycles. The minimum Gasteiger partial charge on any atom is -0.382 e. The summed E-state index contributed by atoms with van der Waals surface area (Å²) in [6.45, 7) is 3.66. The van der Waals surface area contributed by atoms with Crippen molar-refractivity contribution in [3.8, 4) is 23.1 Å². The molecule has 4 rings (SSSR count). The fourth-order valence-electron chi connectivity index (χ4n) is 2.86. The lowest BCUT2D eigenvalue weighted by Crippen LogP contribution is -1.99. The molecule has 0 unspecified atom stereocenters. The quantitative estimate of drug-likeness (QED) is 0.511. The number of aromatic nitrogens is 4. The van der Waals surface area contributed by atoms with Gasteiger partial charge in [0.05, 0.1) is 27.3 Å². The Morgan fingerprint density at radius 3 is 2.75 bits per heavy atom. The van der Waals surface area contributed by atoms with Crippen LogP contribution in [0.5, 0.6) is 0 Å². The monoisotopic (exact) mass is 387 g/mol. The summed E-state index contributed by atoms with van der Waals surface area (Å²) in [6.07, 6.45) is -0.852. The molecule has 0 amide bonds. The topological polar surface area (TPSA) is 97.8 Å². The second-order valence-corrected chi connectivity index (χ2v) is 7.16. The first-order valence-electron chi connectivity index (χ1n) is 8.62. The van der Waals surface area contributed by atoms with Crippen LogP contribution < -0.4 is 5.73 Å². The van der Waals surface area contributed by atoms with E-state index in [1.54, 1.807) is 12.4 Å². The van der Waals surface area contributed by atoms with Crippen molar-refractivity contribution in [1.29, 1.82) is 0 Å². The number of nitrogens with zero attached hydrogens (tertiary/aromatic N) is 4. The number of anilines is 1. The van der Waals surface area contributed by atoms with E-state index in [1.165, 1.54) is 11.3 Å². The lowest BCUT2D eigenvalue weighted by atomic mass is 10.1. The van der Waals surface area contributed by atoms with Crippen LogP contribution in [0.4, 0.5) is 5.82 Å². The molecule has 0 bridgehead atoms. The van der Waals surface area contributed by atoms with Gasteiger partial charge in [0, 0.05) is 11.1 Å². The number of nitrogen functional groups attached to an aromatic ring is 1. The third-order valence-electron chi connectivity index (χ3n) is 4.22. The maximum Gasteiger partial charge on any atom is 0.153 e. The highest BCUT2D eigenvalue weighted by Gasteiger charge is 2.10. The predicted octanol–water partition coefficient (Wildman–Crippen LogP) is 3.43. The van der Waals surface area contributed by atoms with E-state index in [0.717, 1.165) is 27.4 Å². The summed E-state index contributed by atoms with van der Waals surface area (Å²) in [4.78, 5) is 18.1. The molecular weight excluding hydrogens is 370 g/mol. The van der Waals surface area contributed by atoms with E-state index in [2.05, 4.69) is 31.8 Å². The number of aliphatic hydroxyl groups excluding tert-OH is 1. The molecule has 138 valence electrons. The maximum atomic E-state index is 10.3. The van der Waals surface area contributed by atoms with Gasteiger partial charge in [-0.05, 0) is 38.1 Å². The van der Waals surface area contributed by atoms with Crippen molar-refractivity contribution in [2.45, 2.75) is 20.0 Å². The minimum atomic E-state index is -0.852. The summed E-state index contributed by atoms with van der Waals surface area (Å²) in [6, 6.07) is 11.5. The van der Waals surface area contributed by atoms with Crippen LogP contribution in [0.15, 0.2) is 41.9 Å². The molecule has 3 heterocycles. The van der Waals surface area contributed by atoms with Crippen molar-refractivity contribution >= 4 is 28.2 Å². The summed E-state index contributed by atoms with van der Waals surface area (Å²) in [5, 5.41) is 10.3. The molecule has 4 aromatic rings. The van der Waals surface area contributed by atoms with Crippen molar-refractivity contribution in [2.75, 3.05) is 5.73 Å². The van der Waals surface area contributed by atoms with Gasteiger partial charge in [0.2, 0.25) is 0 Å². The van der Waals surface area contributed by atoms with Crippen LogP contribution in [-0.4, -0.2) is 25.0 Å². The van der Waals surface area contributed by atoms with Gasteiger partial charge in [-0.3, -0.25) is 0 Å². The van der Waals surface area contributed by atoms with Gasteiger partial charge in [-0.2, -0.15) is 0 Å². The van der Waals surface area contributed by atoms with Crippen LogP contribution in [0, 0.1) is 25.7 Å². The summed E-state index contributed by atoms with van der Waals surface area (Å²) in [5.74, 6) is 6.89. The Hall–Kier alpha value is -3.34. The number of hydrogen-bond acceptors (Lipinski definition) is 7. The van der Waals surface area contributed by atoms with Crippen LogP contribution in [-0.2, 0) is 0 Å². The third-order valence-corrected chi connectivity index (χ3v) is 5.21. The van der Waals surface area contributed by atoms with Crippen LogP contribution in [0.1, 0.15) is 28.1 Å². The van der Waals surface area contributed by atoms with Gasteiger partial charge in [0.1, 0.15) is 11.3 Å². The number of nitrogens with two attached hydrogens (primary N) is 1. The number of fused-ring (bicyclic) bond motifs is 1. The van der Waals surface area contributed by atoms with Gasteiger partial charge >= 0.3 is 0 Å². The summed E-state index contributed by atoms with van der Waals surface area (Å²) < 4.78 is 0. The van der Waals surface area contributed by atoms with Crippen molar-refractivity contribution in [2.24, 2.45) is 0 Å². The molecule has 0 aliphatic carbocycles. The normalized spacial score (nSPS) is 11.8. The Morgan fingerprint density at radius 1 is 1.11 bits per heavy atom. The van der Waals surface area contributed by atoms with E-state index in [1.807, 2.05) is 43.3 Å². The molecule has 0 aliphatic rings. The van der Waals surface area contributed by atoms with Gasteiger partial charge < -0.3 is 10.8 Å². The van der Waals surface area contributed by atoms with Crippen LogP contribution >= 0.6 is 11.3 Å². The standard InChI is InChI=1S/C21H17N5OS/c1-12-20(28-11-23-12)18(27)9-6-14-4-3-5-15(10-14)16-7-8-17-19(26-16)21(22)25-13(2)24-17/h3-5,7-8,10-11,18,27H,1-2H3,(H2,22,24,25)/t18-/m0/s1. The number of aliphatic hydroxyl groups is 1. The highest BCUT2D eigenvalue weighted by Crippen LogP contribution is 2.24. The highest BCUT2D eigenvalue weighted by molar-refractivity contribution is 7.09.